The van der Waals surface area contributed by atoms with Crippen LogP contribution in [0.2, 0.25) is 0 Å². The van der Waals surface area contributed by atoms with Crippen molar-refractivity contribution in [3.63, 3.8) is 0 Å². The van der Waals surface area contributed by atoms with Crippen LogP contribution >= 0.6 is 0 Å². The number of aromatic hydroxyl groups is 2. The number of hydrogen-bond donors (Lipinski definition) is 2. The number of phenolic OH excluding ortho intramolecular Hbond substituents is 2. The van der Waals surface area contributed by atoms with Crippen molar-refractivity contribution in [2.45, 2.75) is 0 Å². The molecule has 0 saturated carbocycles. The van der Waals surface area contributed by atoms with E-state index in [9.17, 15) is 19.8 Å². The lowest BCUT2D eigenvalue weighted by Crippen LogP contribution is -2.10. The molecule has 3 aromatic rings. The van der Waals surface area contributed by atoms with Crippen molar-refractivity contribution in [3.8, 4) is 11.5 Å². The third kappa shape index (κ3) is 1.80. The Balaban J connectivity index is 2.60. The Morgan fingerprint density at radius 2 is 1.76 bits per heavy atom. The van der Waals surface area contributed by atoms with E-state index in [4.69, 9.17) is 4.42 Å². The van der Waals surface area contributed by atoms with Crippen LogP contribution in [-0.2, 0) is 4.74 Å². The molecule has 2 N–H and O–H groups in total. The van der Waals surface area contributed by atoms with Crippen LogP contribution in [0.5, 0.6) is 11.5 Å². The van der Waals surface area contributed by atoms with Crippen molar-refractivity contribution < 1.29 is 24.2 Å². The van der Waals surface area contributed by atoms with Gasteiger partial charge in [-0.15, -0.1) is 0 Å². The van der Waals surface area contributed by atoms with Crippen LogP contribution in [0.25, 0.3) is 21.9 Å². The van der Waals surface area contributed by atoms with Crippen molar-refractivity contribution >= 4 is 27.9 Å². The Bertz CT molecular complexity index is 938. The van der Waals surface area contributed by atoms with Gasteiger partial charge in [-0.1, -0.05) is 6.07 Å². The van der Waals surface area contributed by atoms with Crippen molar-refractivity contribution in [2.75, 3.05) is 7.11 Å². The largest absolute Gasteiger partial charge is 0.507 e. The molecule has 0 fully saturated rings. The third-order valence-electron chi connectivity index (χ3n) is 3.21. The molecule has 6 heteroatoms. The molecule has 106 valence electrons. The Labute approximate surface area is 117 Å². The number of rotatable bonds is 1. The van der Waals surface area contributed by atoms with Gasteiger partial charge in [-0.25, -0.2) is 4.79 Å². The van der Waals surface area contributed by atoms with E-state index in [1.165, 1.54) is 30.3 Å². The Kier molecular flexibility index (Phi) is 2.79. The maximum Gasteiger partial charge on any atom is 0.342 e. The van der Waals surface area contributed by atoms with Crippen LogP contribution in [0.1, 0.15) is 10.4 Å². The van der Waals surface area contributed by atoms with E-state index in [1.54, 1.807) is 0 Å². The molecular formula is C15H10O6. The maximum atomic E-state index is 12.6. The molecule has 0 unspecified atom stereocenters. The standard InChI is InChI=1S/C15H10O6/c1-20-15(19)12-8(17)5-6-10-13(12)14(18)11-7(16)3-2-4-9(11)21-10/h2-6,16-17H,1H3. The zero-order valence-corrected chi connectivity index (χ0v) is 10.9. The van der Waals surface area contributed by atoms with E-state index in [0.717, 1.165) is 7.11 Å². The SMILES string of the molecule is COC(=O)c1c(O)ccc2oc3cccc(O)c3c(=O)c12. The summed E-state index contributed by atoms with van der Waals surface area (Å²) >= 11 is 0. The van der Waals surface area contributed by atoms with Crippen molar-refractivity contribution in [1.82, 2.24) is 0 Å². The van der Waals surface area contributed by atoms with E-state index in [0.29, 0.717) is 0 Å². The molecule has 0 aliphatic rings. The van der Waals surface area contributed by atoms with Gasteiger partial charge >= 0.3 is 5.97 Å². The zero-order chi connectivity index (χ0) is 15.1. The van der Waals surface area contributed by atoms with Gasteiger partial charge in [-0.05, 0) is 24.3 Å². The molecule has 2 aromatic carbocycles. The zero-order valence-electron chi connectivity index (χ0n) is 10.9. The van der Waals surface area contributed by atoms with E-state index in [-0.39, 0.29) is 33.3 Å². The Morgan fingerprint density at radius 3 is 2.48 bits per heavy atom. The molecule has 0 aliphatic heterocycles. The number of carbonyl (C=O) groups excluding carboxylic acids is 1. The van der Waals surface area contributed by atoms with Gasteiger partial charge in [-0.3, -0.25) is 4.79 Å². The monoisotopic (exact) mass is 286 g/mol. The molecule has 1 aromatic heterocycles. The highest BCUT2D eigenvalue weighted by molar-refractivity contribution is 6.08. The first-order valence-corrected chi connectivity index (χ1v) is 6.03. The first kappa shape index (κ1) is 13.0. The van der Waals surface area contributed by atoms with Gasteiger partial charge in [0.15, 0.2) is 0 Å². The van der Waals surface area contributed by atoms with Crippen molar-refractivity contribution in [3.05, 3.63) is 46.1 Å². The first-order chi connectivity index (χ1) is 10.0. The van der Waals surface area contributed by atoms with E-state index in [1.807, 2.05) is 0 Å². The average Bonchev–Trinajstić information content (AvgIpc) is 2.47. The number of ether oxygens (including phenoxy) is 1. The number of methoxy groups -OCH3 is 1. The summed E-state index contributed by atoms with van der Waals surface area (Å²) in [5, 5.41) is 19.5. The lowest BCUT2D eigenvalue weighted by molar-refractivity contribution is 0.0599. The molecular weight excluding hydrogens is 276 g/mol. The normalized spacial score (nSPS) is 10.9. The summed E-state index contributed by atoms with van der Waals surface area (Å²) in [6.07, 6.45) is 0. The number of hydrogen-bond acceptors (Lipinski definition) is 6. The topological polar surface area (TPSA) is 97.0 Å². The highest BCUT2D eigenvalue weighted by Gasteiger charge is 2.22. The molecule has 0 atom stereocenters. The van der Waals surface area contributed by atoms with Gasteiger partial charge in [0.2, 0.25) is 5.43 Å². The fourth-order valence-electron chi connectivity index (χ4n) is 2.27. The van der Waals surface area contributed by atoms with Gasteiger partial charge < -0.3 is 19.4 Å². The van der Waals surface area contributed by atoms with Crippen LogP contribution in [-0.4, -0.2) is 23.3 Å². The molecule has 0 radical (unpaired) electrons. The Hall–Kier alpha value is -3.02. The summed E-state index contributed by atoms with van der Waals surface area (Å²) in [7, 11) is 1.14. The molecule has 0 amide bonds. The Morgan fingerprint density at radius 1 is 1.05 bits per heavy atom. The molecule has 1 heterocycles. The van der Waals surface area contributed by atoms with Crippen molar-refractivity contribution in [1.29, 1.82) is 0 Å². The summed E-state index contributed by atoms with van der Waals surface area (Å²) in [6.45, 7) is 0. The van der Waals surface area contributed by atoms with E-state index in [2.05, 4.69) is 4.74 Å². The maximum absolute atomic E-state index is 12.6. The second-order valence-electron chi connectivity index (χ2n) is 4.41. The summed E-state index contributed by atoms with van der Waals surface area (Å²) in [5.74, 6) is -1.51. The second-order valence-corrected chi connectivity index (χ2v) is 4.41. The van der Waals surface area contributed by atoms with Gasteiger partial charge in [0.05, 0.1) is 12.5 Å². The fraction of sp³-hybridized carbons (Fsp3) is 0.0667. The van der Waals surface area contributed by atoms with E-state index < -0.39 is 17.1 Å². The molecule has 6 nitrogen and oxygen atoms in total. The minimum atomic E-state index is -0.861. The van der Waals surface area contributed by atoms with Crippen LogP contribution in [0.3, 0.4) is 0 Å². The number of carbonyl (C=O) groups is 1. The summed E-state index contributed by atoms with van der Waals surface area (Å²) < 4.78 is 10.1. The van der Waals surface area contributed by atoms with Gasteiger partial charge in [0, 0.05) is 0 Å². The smallest absolute Gasteiger partial charge is 0.342 e. The summed E-state index contributed by atoms with van der Waals surface area (Å²) in [6, 6.07) is 7.02. The fourth-order valence-corrected chi connectivity index (χ4v) is 2.27. The molecule has 0 spiro atoms. The lowest BCUT2D eigenvalue weighted by Gasteiger charge is -2.08. The lowest BCUT2D eigenvalue weighted by atomic mass is 10.0. The minimum Gasteiger partial charge on any atom is -0.507 e. The highest BCUT2D eigenvalue weighted by atomic mass is 16.5. The molecule has 21 heavy (non-hydrogen) atoms. The minimum absolute atomic E-state index is 0.0549. The molecule has 0 bridgehead atoms. The molecule has 3 rings (SSSR count). The summed E-state index contributed by atoms with van der Waals surface area (Å²) in [4.78, 5) is 24.4. The predicted molar refractivity (Wildman–Crippen MR) is 74.7 cm³/mol. The van der Waals surface area contributed by atoms with Gasteiger partial charge in [0.25, 0.3) is 0 Å². The highest BCUT2D eigenvalue weighted by Crippen LogP contribution is 2.30. The number of benzene rings is 2. The van der Waals surface area contributed by atoms with Gasteiger partial charge in [0.1, 0.15) is 33.6 Å². The molecule has 0 saturated heterocycles. The quantitative estimate of drug-likeness (QED) is 0.525. The summed E-state index contributed by atoms with van der Waals surface area (Å²) in [5.41, 5.74) is -0.583. The number of phenols is 2. The van der Waals surface area contributed by atoms with Gasteiger partial charge in [-0.2, -0.15) is 0 Å². The first-order valence-electron chi connectivity index (χ1n) is 6.03. The van der Waals surface area contributed by atoms with Crippen LogP contribution in [0.4, 0.5) is 0 Å². The van der Waals surface area contributed by atoms with E-state index >= 15 is 0 Å². The van der Waals surface area contributed by atoms with Crippen LogP contribution in [0.15, 0.2) is 39.5 Å². The third-order valence-corrected chi connectivity index (χ3v) is 3.21. The van der Waals surface area contributed by atoms with Crippen LogP contribution < -0.4 is 5.43 Å². The molecule has 0 aliphatic carbocycles. The van der Waals surface area contributed by atoms with Crippen molar-refractivity contribution in [2.24, 2.45) is 0 Å². The number of fused-ring (bicyclic) bond motifs is 2. The average molecular weight is 286 g/mol. The second kappa shape index (κ2) is 4.52. The predicted octanol–water partition coefficient (Wildman–Crippen LogP) is 2.14. The number of esters is 1. The van der Waals surface area contributed by atoms with Crippen LogP contribution in [0, 0.1) is 0 Å².